The summed E-state index contributed by atoms with van der Waals surface area (Å²) in [6.45, 7) is 9.18. The number of hydrogen-bond acceptors (Lipinski definition) is 8. The van der Waals surface area contributed by atoms with Crippen LogP contribution in [0.5, 0.6) is 0 Å². The third-order valence-electron chi connectivity index (χ3n) is 6.44. The largest absolute Gasteiger partial charge is 0.290 e. The first kappa shape index (κ1) is 24.5. The van der Waals surface area contributed by atoms with Crippen LogP contribution in [-0.4, -0.2) is 52.9 Å². The highest BCUT2D eigenvalue weighted by Crippen LogP contribution is 2.48. The van der Waals surface area contributed by atoms with Crippen molar-refractivity contribution < 1.29 is 9.18 Å². The van der Waals surface area contributed by atoms with E-state index in [4.69, 9.17) is 0 Å². The minimum Gasteiger partial charge on any atom is -0.290 e. The monoisotopic (exact) mass is 523 g/mol. The van der Waals surface area contributed by atoms with Gasteiger partial charge in [0.1, 0.15) is 5.83 Å². The molecule has 4 heterocycles. The molecule has 8 nitrogen and oxygen atoms in total. The Bertz CT molecular complexity index is 1380. The number of allylic oxidation sites excluding steroid dienone is 5. The molecule has 1 fully saturated rings. The lowest BCUT2D eigenvalue weighted by atomic mass is 9.66. The van der Waals surface area contributed by atoms with Crippen LogP contribution in [0, 0.1) is 5.41 Å². The minimum atomic E-state index is -0.746. The van der Waals surface area contributed by atoms with Gasteiger partial charge in [-0.25, -0.2) is 18.4 Å². The normalized spacial score (nSPS) is 20.3. The summed E-state index contributed by atoms with van der Waals surface area (Å²) in [6, 6.07) is 0. The molecule has 1 aliphatic heterocycles. The van der Waals surface area contributed by atoms with Gasteiger partial charge in [-0.2, -0.15) is 15.0 Å². The Labute approximate surface area is 217 Å². The van der Waals surface area contributed by atoms with Crippen molar-refractivity contribution in [1.82, 2.24) is 34.1 Å². The molecule has 1 saturated heterocycles. The van der Waals surface area contributed by atoms with Gasteiger partial charge in [0.05, 0.1) is 35.7 Å². The molecule has 0 N–H and O–H groups in total. The standard InChI is InChI=1S/C25H26FN7OS2/c1-4-20(7-6-17(3)26)33-21-12-19-8-10-31(36-22-15-28-32(5-2)30-22)16-25(19,13-18(21)14-29-33)23(34)24-27-9-11-35-24/h4,6-7,9,11-12,14-15H,3,5,8,10,13,16H2,1-2H3/b7-6-,20-4+. The molecule has 5 rings (SSSR count). The Morgan fingerprint density at radius 3 is 2.89 bits per heavy atom. The predicted molar refractivity (Wildman–Crippen MR) is 140 cm³/mol. The smallest absolute Gasteiger partial charge is 0.203 e. The average Bonchev–Trinajstić information content (AvgIpc) is 3.64. The second kappa shape index (κ2) is 10.1. The number of fused-ring (bicyclic) bond motifs is 2. The lowest BCUT2D eigenvalue weighted by molar-refractivity contribution is 0.0781. The van der Waals surface area contributed by atoms with Crippen LogP contribution in [0.2, 0.25) is 0 Å². The predicted octanol–water partition coefficient (Wildman–Crippen LogP) is 5.07. The number of aryl methyl sites for hydroxylation is 1. The average molecular weight is 524 g/mol. The molecule has 0 spiro atoms. The minimum absolute atomic E-state index is 0.0320. The summed E-state index contributed by atoms with van der Waals surface area (Å²) >= 11 is 2.90. The fourth-order valence-electron chi connectivity index (χ4n) is 4.71. The van der Waals surface area contributed by atoms with Gasteiger partial charge in [0, 0.05) is 24.7 Å². The second-order valence-corrected chi connectivity index (χ2v) is 10.6. The number of piperidine rings is 1. The van der Waals surface area contributed by atoms with E-state index in [2.05, 4.69) is 37.2 Å². The van der Waals surface area contributed by atoms with E-state index >= 15 is 0 Å². The number of thiazole rings is 1. The summed E-state index contributed by atoms with van der Waals surface area (Å²) in [6.07, 6.45) is 13.4. The first-order valence-corrected chi connectivity index (χ1v) is 13.3. The number of ketones is 1. The third kappa shape index (κ3) is 4.54. The molecule has 1 unspecified atom stereocenters. The molecule has 0 saturated carbocycles. The van der Waals surface area contributed by atoms with E-state index in [1.807, 2.05) is 25.3 Å². The van der Waals surface area contributed by atoms with E-state index in [-0.39, 0.29) is 5.78 Å². The summed E-state index contributed by atoms with van der Waals surface area (Å²) in [5, 5.41) is 16.5. The van der Waals surface area contributed by atoms with E-state index in [0.717, 1.165) is 40.5 Å². The quantitative estimate of drug-likeness (QED) is 0.232. The van der Waals surface area contributed by atoms with Crippen LogP contribution in [0.25, 0.3) is 11.8 Å². The van der Waals surface area contributed by atoms with Crippen LogP contribution in [0.3, 0.4) is 0 Å². The number of Topliss-reactive ketones (excluding diaryl/α,β-unsaturated/α-hetero) is 1. The fourth-order valence-corrected chi connectivity index (χ4v) is 6.34. The highest BCUT2D eigenvalue weighted by atomic mass is 32.2. The van der Waals surface area contributed by atoms with Gasteiger partial charge >= 0.3 is 0 Å². The number of carbonyl (C=O) groups excluding carboxylic acids is 1. The Kier molecular flexibility index (Phi) is 6.87. The maximum atomic E-state index is 14.0. The molecule has 0 bridgehead atoms. The first-order valence-electron chi connectivity index (χ1n) is 11.7. The molecule has 1 aliphatic carbocycles. The highest BCUT2D eigenvalue weighted by molar-refractivity contribution is 7.97. The number of carbonyl (C=O) groups is 1. The Morgan fingerprint density at radius 1 is 1.33 bits per heavy atom. The lowest BCUT2D eigenvalue weighted by Crippen LogP contribution is -2.49. The zero-order chi connectivity index (χ0) is 25.3. The van der Waals surface area contributed by atoms with Crippen LogP contribution in [0.4, 0.5) is 4.39 Å². The van der Waals surface area contributed by atoms with Crippen molar-refractivity contribution in [3.05, 3.63) is 76.4 Å². The molecule has 2 aliphatic rings. The second-order valence-electron chi connectivity index (χ2n) is 8.63. The number of aromatic nitrogens is 6. The van der Waals surface area contributed by atoms with E-state index in [1.165, 1.54) is 29.4 Å². The maximum absolute atomic E-state index is 14.0. The molecule has 3 aromatic heterocycles. The molecule has 0 radical (unpaired) electrons. The SMILES string of the molecule is C=C(F)/C=C\C(=C/C)n1ncc2c1C=C1CCN(Sc3cnn(CC)n3)CC1(C(=O)c1nccs1)C2. The molecule has 3 aromatic rings. The molecule has 0 aromatic carbocycles. The van der Waals surface area contributed by atoms with Gasteiger partial charge in [-0.05, 0) is 62.4 Å². The summed E-state index contributed by atoms with van der Waals surface area (Å²) < 4.78 is 17.3. The van der Waals surface area contributed by atoms with E-state index < -0.39 is 11.2 Å². The molecular formula is C25H26FN7OS2. The van der Waals surface area contributed by atoms with Gasteiger partial charge in [-0.1, -0.05) is 18.2 Å². The van der Waals surface area contributed by atoms with Crippen LogP contribution >= 0.6 is 23.3 Å². The van der Waals surface area contributed by atoms with Gasteiger partial charge < -0.3 is 0 Å². The van der Waals surface area contributed by atoms with Crippen LogP contribution in [0.1, 0.15) is 41.3 Å². The van der Waals surface area contributed by atoms with E-state index in [0.29, 0.717) is 24.5 Å². The zero-order valence-corrected chi connectivity index (χ0v) is 21.7. The van der Waals surface area contributed by atoms with Crippen molar-refractivity contribution in [2.24, 2.45) is 5.41 Å². The molecule has 0 amide bonds. The summed E-state index contributed by atoms with van der Waals surface area (Å²) in [7, 11) is 0. The molecule has 186 valence electrons. The van der Waals surface area contributed by atoms with Gasteiger partial charge in [0.2, 0.25) is 5.78 Å². The van der Waals surface area contributed by atoms with E-state index in [1.54, 1.807) is 34.1 Å². The number of rotatable bonds is 8. The molecular weight excluding hydrogens is 497 g/mol. The summed E-state index contributed by atoms with van der Waals surface area (Å²) in [5.41, 5.74) is 2.95. The molecule has 36 heavy (non-hydrogen) atoms. The zero-order valence-electron chi connectivity index (χ0n) is 20.1. The third-order valence-corrected chi connectivity index (χ3v) is 8.15. The van der Waals surface area contributed by atoms with Gasteiger partial charge in [-0.3, -0.25) is 4.79 Å². The number of halogens is 1. The van der Waals surface area contributed by atoms with E-state index in [9.17, 15) is 9.18 Å². The van der Waals surface area contributed by atoms with Crippen LogP contribution in [-0.2, 0) is 13.0 Å². The van der Waals surface area contributed by atoms with Crippen molar-refractivity contribution in [3.8, 4) is 0 Å². The Balaban J connectivity index is 1.51. The number of nitrogens with zero attached hydrogens (tertiary/aromatic N) is 7. The van der Waals surface area contributed by atoms with Gasteiger partial charge in [0.25, 0.3) is 0 Å². The Hall–Kier alpha value is -3.15. The Morgan fingerprint density at radius 2 is 2.19 bits per heavy atom. The van der Waals surface area contributed by atoms with Gasteiger partial charge in [-0.15, -0.1) is 16.4 Å². The summed E-state index contributed by atoms with van der Waals surface area (Å²) in [4.78, 5) is 20.0. The first-order chi connectivity index (χ1) is 17.4. The van der Waals surface area contributed by atoms with Crippen LogP contribution < -0.4 is 0 Å². The van der Waals surface area contributed by atoms with Crippen LogP contribution in [0.15, 0.2) is 65.2 Å². The number of hydrogen-bond donors (Lipinski definition) is 0. The van der Waals surface area contributed by atoms with Crippen molar-refractivity contribution in [3.63, 3.8) is 0 Å². The van der Waals surface area contributed by atoms with Crippen molar-refractivity contribution in [2.75, 3.05) is 13.1 Å². The lowest BCUT2D eigenvalue weighted by Gasteiger charge is -2.44. The fraction of sp³-hybridized carbons (Fsp3) is 0.320. The van der Waals surface area contributed by atoms with Crippen molar-refractivity contribution in [1.29, 1.82) is 0 Å². The van der Waals surface area contributed by atoms with Gasteiger partial charge in [0.15, 0.2) is 10.0 Å². The highest BCUT2D eigenvalue weighted by Gasteiger charge is 2.49. The van der Waals surface area contributed by atoms with Crippen molar-refractivity contribution in [2.45, 2.75) is 38.3 Å². The topological polar surface area (TPSA) is 81.7 Å². The summed E-state index contributed by atoms with van der Waals surface area (Å²) in [5.74, 6) is -0.491. The molecule has 11 heteroatoms. The molecule has 1 atom stereocenters. The maximum Gasteiger partial charge on any atom is 0.203 e. The van der Waals surface area contributed by atoms with Crippen molar-refractivity contribution >= 4 is 40.8 Å².